The molecular formula is C10H10Cl6O6. The molecule has 0 radical (unpaired) electrons. The lowest BCUT2D eigenvalue weighted by Crippen LogP contribution is -2.42. The van der Waals surface area contributed by atoms with E-state index in [1.807, 2.05) is 0 Å². The van der Waals surface area contributed by atoms with Crippen LogP contribution in [0.3, 0.4) is 0 Å². The first kappa shape index (κ1) is 18.3. The predicted molar refractivity (Wildman–Crippen MR) is 79.6 cm³/mol. The Morgan fingerprint density at radius 3 is 1.91 bits per heavy atom. The summed E-state index contributed by atoms with van der Waals surface area (Å²) >= 11 is 34.2. The maximum atomic E-state index is 10.3. The van der Waals surface area contributed by atoms with Crippen LogP contribution in [0.25, 0.3) is 0 Å². The zero-order valence-corrected chi connectivity index (χ0v) is 15.0. The Morgan fingerprint density at radius 2 is 1.41 bits per heavy atom. The van der Waals surface area contributed by atoms with Gasteiger partial charge in [-0.25, -0.2) is 0 Å². The molecule has 3 heterocycles. The van der Waals surface area contributed by atoms with Crippen molar-refractivity contribution in [2.45, 2.75) is 50.9 Å². The smallest absolute Gasteiger partial charge is 0.241 e. The van der Waals surface area contributed by atoms with Crippen LogP contribution in [0.15, 0.2) is 0 Å². The van der Waals surface area contributed by atoms with E-state index < -0.39 is 50.9 Å². The fraction of sp³-hybridized carbons (Fsp3) is 1.00. The number of aliphatic hydroxyl groups is 1. The van der Waals surface area contributed by atoms with Gasteiger partial charge < -0.3 is 28.8 Å². The lowest BCUT2D eigenvalue weighted by Gasteiger charge is -2.25. The molecule has 3 aliphatic rings. The van der Waals surface area contributed by atoms with E-state index >= 15 is 0 Å². The lowest BCUT2D eigenvalue weighted by molar-refractivity contribution is -0.189. The van der Waals surface area contributed by atoms with Gasteiger partial charge in [0.1, 0.15) is 24.4 Å². The number of alkyl halides is 6. The van der Waals surface area contributed by atoms with E-state index in [0.717, 1.165) is 0 Å². The molecule has 128 valence electrons. The van der Waals surface area contributed by atoms with Crippen molar-refractivity contribution in [2.24, 2.45) is 0 Å². The standard InChI is InChI=1S/C10H10Cl6O6/c11-9(12,13)7-18-1-2(19-7)4-3(17)5-6(20-4)22-8(21-5)10(14,15)16/h2-8,17H,1H2/t2-,3+,4-,5+,6+,7-,8-/m0/s1. The summed E-state index contributed by atoms with van der Waals surface area (Å²) < 4.78 is 23.4. The molecule has 1 N–H and O–H groups in total. The highest BCUT2D eigenvalue weighted by Gasteiger charge is 2.59. The Labute approximate surface area is 155 Å². The van der Waals surface area contributed by atoms with Crippen LogP contribution in [0.1, 0.15) is 0 Å². The second-order valence-corrected chi connectivity index (χ2v) is 9.69. The second-order valence-electron chi connectivity index (χ2n) is 4.95. The number of hydrogen-bond donors (Lipinski definition) is 1. The number of ether oxygens (including phenoxy) is 5. The van der Waals surface area contributed by atoms with E-state index in [1.54, 1.807) is 0 Å². The Kier molecular flexibility index (Phi) is 5.27. The third kappa shape index (κ3) is 3.54. The van der Waals surface area contributed by atoms with Crippen molar-refractivity contribution in [1.82, 2.24) is 0 Å². The first-order valence-corrected chi connectivity index (χ1v) is 8.39. The van der Waals surface area contributed by atoms with Crippen molar-refractivity contribution in [3.63, 3.8) is 0 Å². The molecule has 0 amide bonds. The number of hydrogen-bond acceptors (Lipinski definition) is 6. The summed E-state index contributed by atoms with van der Waals surface area (Å²) in [5.74, 6) is 0. The van der Waals surface area contributed by atoms with Crippen molar-refractivity contribution in [3.05, 3.63) is 0 Å². The fourth-order valence-electron chi connectivity index (χ4n) is 2.44. The van der Waals surface area contributed by atoms with Crippen molar-refractivity contribution < 1.29 is 28.8 Å². The monoisotopic (exact) mass is 436 g/mol. The quantitative estimate of drug-likeness (QED) is 0.634. The Morgan fingerprint density at radius 1 is 0.773 bits per heavy atom. The first-order chi connectivity index (χ1) is 10.1. The van der Waals surface area contributed by atoms with E-state index in [2.05, 4.69) is 0 Å². The molecule has 0 saturated carbocycles. The molecule has 7 atom stereocenters. The van der Waals surface area contributed by atoms with Gasteiger partial charge >= 0.3 is 0 Å². The highest BCUT2D eigenvalue weighted by molar-refractivity contribution is 6.68. The van der Waals surface area contributed by atoms with Crippen LogP contribution in [-0.4, -0.2) is 62.6 Å². The zero-order chi connectivity index (χ0) is 16.3. The average molecular weight is 439 g/mol. The molecule has 0 aromatic carbocycles. The third-order valence-electron chi connectivity index (χ3n) is 3.38. The van der Waals surface area contributed by atoms with Crippen molar-refractivity contribution in [1.29, 1.82) is 0 Å². The topological polar surface area (TPSA) is 66.4 Å². The maximum Gasteiger partial charge on any atom is 0.241 e. The van der Waals surface area contributed by atoms with E-state index in [-0.39, 0.29) is 6.61 Å². The molecule has 22 heavy (non-hydrogen) atoms. The number of aliphatic hydroxyl groups excluding tert-OH is 1. The molecule has 0 bridgehead atoms. The zero-order valence-electron chi connectivity index (χ0n) is 10.5. The van der Waals surface area contributed by atoms with Gasteiger partial charge in [0.25, 0.3) is 0 Å². The molecule has 0 aromatic rings. The van der Waals surface area contributed by atoms with Gasteiger partial charge in [-0.05, 0) is 0 Å². The molecule has 3 fully saturated rings. The Balaban J connectivity index is 1.62. The van der Waals surface area contributed by atoms with Gasteiger partial charge in [0.15, 0.2) is 6.29 Å². The molecular weight excluding hydrogens is 429 g/mol. The first-order valence-electron chi connectivity index (χ1n) is 6.12. The lowest BCUT2D eigenvalue weighted by atomic mass is 10.1. The summed E-state index contributed by atoms with van der Waals surface area (Å²) in [5, 5.41) is 10.3. The van der Waals surface area contributed by atoms with Crippen LogP contribution < -0.4 is 0 Å². The molecule has 0 aliphatic carbocycles. The van der Waals surface area contributed by atoms with Gasteiger partial charge in [-0.1, -0.05) is 69.6 Å². The summed E-state index contributed by atoms with van der Waals surface area (Å²) in [6, 6.07) is 0. The summed E-state index contributed by atoms with van der Waals surface area (Å²) in [6.45, 7) is 0.0770. The normalized spacial score (nSPS) is 46.2. The second kappa shape index (κ2) is 6.34. The maximum absolute atomic E-state index is 10.3. The fourth-order valence-corrected chi connectivity index (χ4v) is 3.09. The van der Waals surface area contributed by atoms with E-state index in [4.69, 9.17) is 93.3 Å². The summed E-state index contributed by atoms with van der Waals surface area (Å²) in [5.41, 5.74) is 0. The number of fused-ring (bicyclic) bond motifs is 1. The minimum Gasteiger partial charge on any atom is -0.387 e. The van der Waals surface area contributed by atoms with Crippen LogP contribution in [0.5, 0.6) is 0 Å². The minimum absolute atomic E-state index is 0.0770. The van der Waals surface area contributed by atoms with Gasteiger partial charge in [0.05, 0.1) is 6.61 Å². The predicted octanol–water partition coefficient (Wildman–Crippen LogP) is 2.30. The van der Waals surface area contributed by atoms with E-state index in [0.29, 0.717) is 0 Å². The largest absolute Gasteiger partial charge is 0.387 e. The van der Waals surface area contributed by atoms with E-state index in [9.17, 15) is 5.11 Å². The highest BCUT2D eigenvalue weighted by Crippen LogP contribution is 2.44. The molecule has 0 aromatic heterocycles. The van der Waals surface area contributed by atoms with Crippen molar-refractivity contribution in [3.8, 4) is 0 Å². The summed E-state index contributed by atoms with van der Waals surface area (Å²) in [4.78, 5) is 0. The molecule has 0 unspecified atom stereocenters. The van der Waals surface area contributed by atoms with Gasteiger partial charge in [-0.3, -0.25) is 0 Å². The van der Waals surface area contributed by atoms with Crippen LogP contribution in [0, 0.1) is 0 Å². The van der Waals surface area contributed by atoms with Crippen molar-refractivity contribution >= 4 is 69.6 Å². The molecule has 3 aliphatic heterocycles. The molecule has 6 nitrogen and oxygen atoms in total. The molecule has 3 saturated heterocycles. The van der Waals surface area contributed by atoms with Gasteiger partial charge in [0, 0.05) is 0 Å². The summed E-state index contributed by atoms with van der Waals surface area (Å²) in [7, 11) is 0. The highest BCUT2D eigenvalue weighted by atomic mass is 35.6. The summed E-state index contributed by atoms with van der Waals surface area (Å²) in [6.07, 6.45) is -6.43. The number of halogens is 6. The van der Waals surface area contributed by atoms with Gasteiger partial charge in [0.2, 0.25) is 20.2 Å². The SMILES string of the molecule is O[C@@H]1[C@H]([C@@H]2CO[C@H](C(Cl)(Cl)Cl)O2)O[C@@H]2O[C@@H](C(Cl)(Cl)Cl)O[C@@H]21. The third-order valence-corrected chi connectivity index (χ3v) is 4.45. The van der Waals surface area contributed by atoms with Crippen LogP contribution in [0.4, 0.5) is 0 Å². The average Bonchev–Trinajstić information content (AvgIpc) is 3.03. The minimum atomic E-state index is -1.80. The van der Waals surface area contributed by atoms with Gasteiger partial charge in [-0.15, -0.1) is 0 Å². The molecule has 12 heteroatoms. The molecule has 3 rings (SSSR count). The van der Waals surface area contributed by atoms with E-state index in [1.165, 1.54) is 0 Å². The van der Waals surface area contributed by atoms with Gasteiger partial charge in [-0.2, -0.15) is 0 Å². The van der Waals surface area contributed by atoms with Crippen LogP contribution in [0.2, 0.25) is 0 Å². The van der Waals surface area contributed by atoms with Crippen molar-refractivity contribution in [2.75, 3.05) is 6.61 Å². The van der Waals surface area contributed by atoms with Crippen LogP contribution in [-0.2, 0) is 23.7 Å². The molecule has 0 spiro atoms. The Bertz CT molecular complexity index is 427. The number of rotatable bonds is 1. The Hall–Kier alpha value is 1.50. The van der Waals surface area contributed by atoms with Crippen LogP contribution >= 0.6 is 69.6 Å².